The summed E-state index contributed by atoms with van der Waals surface area (Å²) in [5.41, 5.74) is 4.77. The molecule has 2 saturated heterocycles. The second kappa shape index (κ2) is 10.8. The first-order chi connectivity index (χ1) is 18.2. The zero-order chi connectivity index (χ0) is 27.1. The van der Waals surface area contributed by atoms with Gasteiger partial charge in [-0.25, -0.2) is 0 Å². The number of aromatic nitrogens is 1. The molecule has 1 aliphatic carbocycles. The van der Waals surface area contributed by atoms with Crippen LogP contribution in [0.5, 0.6) is 11.5 Å². The largest absolute Gasteiger partial charge is 0.504 e. The van der Waals surface area contributed by atoms with E-state index in [2.05, 4.69) is 27.6 Å². The number of likely N-dealkylation sites (tertiary alicyclic amines) is 1. The minimum absolute atomic E-state index is 0.101. The average molecular weight is 628 g/mol. The van der Waals surface area contributed by atoms with Crippen LogP contribution in [0.3, 0.4) is 0 Å². The van der Waals surface area contributed by atoms with Gasteiger partial charge in [0.1, 0.15) is 0 Å². The Bertz CT molecular complexity index is 1330. The molecular formula is C28H30BIN2O6. The van der Waals surface area contributed by atoms with Gasteiger partial charge in [-0.05, 0) is 108 Å². The third-order valence-electron chi connectivity index (χ3n) is 7.95. The number of phenols is 1. The highest BCUT2D eigenvalue weighted by atomic mass is 127. The highest BCUT2D eigenvalue weighted by Gasteiger charge is 2.55. The molecular weight excluding hydrogens is 598 g/mol. The van der Waals surface area contributed by atoms with E-state index in [1.54, 1.807) is 19.3 Å². The summed E-state index contributed by atoms with van der Waals surface area (Å²) in [7, 11) is 2.07. The van der Waals surface area contributed by atoms with Gasteiger partial charge in [0.05, 0.1) is 34.3 Å². The molecule has 2 N–H and O–H groups in total. The van der Waals surface area contributed by atoms with Crippen LogP contribution < -0.4 is 4.74 Å². The molecule has 0 radical (unpaired) electrons. The minimum atomic E-state index is -1.00. The molecule has 0 bridgehead atoms. The maximum Gasteiger partial charge on any atom is 0.455 e. The van der Waals surface area contributed by atoms with Gasteiger partial charge in [-0.3, -0.25) is 19.5 Å². The number of carbonyl (C=O) groups excluding carboxylic acids is 2. The fourth-order valence-electron chi connectivity index (χ4n) is 6.22. The van der Waals surface area contributed by atoms with Crippen LogP contribution in [0.1, 0.15) is 37.4 Å². The first-order valence-corrected chi connectivity index (χ1v) is 13.8. The lowest BCUT2D eigenvalue weighted by atomic mass is 9.58. The van der Waals surface area contributed by atoms with Gasteiger partial charge in [-0.1, -0.05) is 11.6 Å². The fourth-order valence-corrected chi connectivity index (χ4v) is 6.85. The molecule has 1 aromatic carbocycles. The van der Waals surface area contributed by atoms with Gasteiger partial charge in [0.15, 0.2) is 11.5 Å². The molecule has 4 atom stereocenters. The van der Waals surface area contributed by atoms with E-state index in [9.17, 15) is 19.7 Å². The van der Waals surface area contributed by atoms with Crippen molar-refractivity contribution in [3.63, 3.8) is 0 Å². The van der Waals surface area contributed by atoms with Crippen molar-refractivity contribution in [2.45, 2.75) is 38.6 Å². The molecule has 2 fully saturated rings. The summed E-state index contributed by atoms with van der Waals surface area (Å²) in [6, 6.07) is 9.40. The molecule has 38 heavy (non-hydrogen) atoms. The molecule has 8 nitrogen and oxygen atoms in total. The summed E-state index contributed by atoms with van der Waals surface area (Å²) in [5.74, 6) is -0.808. The standard InChI is InChI=1S/C28H30BIN2O6/c1-15-10-18-25(28(35)32(2)27(18)34)19-14-29(36)38-22(24(15)19)8-7-17(21-6-4-5-9-31-21)11-16-12-20(30)26(33)23(13-16)37-3/h4-6,9,11-13,18-19,22,25,33,36H,7-8,10,14H2,1-3H3/b17-11-/t18-,19+,22-,25-/m1/s1. The molecule has 3 aliphatic rings. The number of aromatic hydroxyl groups is 1. The van der Waals surface area contributed by atoms with E-state index in [-0.39, 0.29) is 35.5 Å². The van der Waals surface area contributed by atoms with Gasteiger partial charge in [0.2, 0.25) is 11.8 Å². The fraction of sp³-hybridized carbons (Fsp3) is 0.393. The summed E-state index contributed by atoms with van der Waals surface area (Å²) < 4.78 is 12.1. The van der Waals surface area contributed by atoms with Crippen LogP contribution in [0.25, 0.3) is 11.6 Å². The number of rotatable bonds is 6. The molecule has 1 aromatic heterocycles. The Morgan fingerprint density at radius 2 is 2.08 bits per heavy atom. The highest BCUT2D eigenvalue weighted by Crippen LogP contribution is 2.50. The number of nitrogens with zero attached hydrogens (tertiary/aromatic N) is 2. The lowest BCUT2D eigenvalue weighted by molar-refractivity contribution is -0.138. The Balaban J connectivity index is 1.46. The summed E-state index contributed by atoms with van der Waals surface area (Å²) >= 11 is 2.07. The van der Waals surface area contributed by atoms with Gasteiger partial charge in [-0.15, -0.1) is 0 Å². The molecule has 2 aromatic rings. The average Bonchev–Trinajstić information content (AvgIpc) is 3.12. The third kappa shape index (κ3) is 4.89. The zero-order valence-corrected chi connectivity index (χ0v) is 23.7. The number of carbonyl (C=O) groups is 2. The molecule has 10 heteroatoms. The normalized spacial score (nSPS) is 25.6. The molecule has 5 rings (SSSR count). The monoisotopic (exact) mass is 628 g/mol. The Labute approximate surface area is 236 Å². The number of imide groups is 1. The van der Waals surface area contributed by atoms with E-state index in [0.717, 1.165) is 28.0 Å². The number of benzene rings is 1. The number of amides is 2. The van der Waals surface area contributed by atoms with E-state index in [4.69, 9.17) is 9.39 Å². The van der Waals surface area contributed by atoms with E-state index in [1.165, 1.54) is 12.0 Å². The number of pyridine rings is 1. The topological polar surface area (TPSA) is 109 Å². The van der Waals surface area contributed by atoms with E-state index in [1.807, 2.05) is 37.3 Å². The highest BCUT2D eigenvalue weighted by molar-refractivity contribution is 14.1. The quantitative estimate of drug-likeness (QED) is 0.214. The summed E-state index contributed by atoms with van der Waals surface area (Å²) in [4.78, 5) is 31.5. The van der Waals surface area contributed by atoms with Crippen molar-refractivity contribution in [3.05, 3.63) is 62.5 Å². The molecule has 3 heterocycles. The summed E-state index contributed by atoms with van der Waals surface area (Å²) in [6.45, 7) is 2.02. The van der Waals surface area contributed by atoms with Crippen molar-refractivity contribution in [2.75, 3.05) is 14.2 Å². The molecule has 0 unspecified atom stereocenters. The summed E-state index contributed by atoms with van der Waals surface area (Å²) in [5, 5.41) is 20.9. The van der Waals surface area contributed by atoms with Crippen molar-refractivity contribution in [3.8, 4) is 11.5 Å². The van der Waals surface area contributed by atoms with Crippen LogP contribution in [-0.2, 0) is 14.2 Å². The number of allylic oxidation sites excluding steroid dienone is 2. The van der Waals surface area contributed by atoms with Crippen LogP contribution >= 0.6 is 22.6 Å². The van der Waals surface area contributed by atoms with Crippen molar-refractivity contribution in [1.82, 2.24) is 9.88 Å². The van der Waals surface area contributed by atoms with Crippen molar-refractivity contribution in [1.29, 1.82) is 0 Å². The van der Waals surface area contributed by atoms with Gasteiger partial charge in [0, 0.05) is 13.2 Å². The molecule has 198 valence electrons. The number of hydrogen-bond acceptors (Lipinski definition) is 7. The second-order valence-corrected chi connectivity index (χ2v) is 11.4. The third-order valence-corrected chi connectivity index (χ3v) is 8.78. The Hall–Kier alpha value is -2.70. The number of hydrogen-bond donors (Lipinski definition) is 2. The molecule has 0 spiro atoms. The van der Waals surface area contributed by atoms with Crippen LogP contribution in [-0.4, -0.2) is 59.2 Å². The predicted molar refractivity (Wildman–Crippen MR) is 152 cm³/mol. The zero-order valence-electron chi connectivity index (χ0n) is 21.6. The van der Waals surface area contributed by atoms with Crippen molar-refractivity contribution in [2.24, 2.45) is 17.8 Å². The number of phenolic OH excluding ortho intramolecular Hbond substituents is 1. The maximum atomic E-state index is 13.0. The first kappa shape index (κ1) is 26.9. The van der Waals surface area contributed by atoms with Crippen LogP contribution in [0.2, 0.25) is 6.32 Å². The minimum Gasteiger partial charge on any atom is -0.504 e. The SMILES string of the molecule is COc1cc(/C=C(/CC[C@H]2OB(O)C[C@H]3C2=C(C)C[C@H]2C(=O)N(C)C(=O)[C@H]23)c2ccccn2)cc(I)c1O. The Morgan fingerprint density at radius 1 is 1.29 bits per heavy atom. The number of fused-ring (bicyclic) bond motifs is 3. The number of halogens is 1. The maximum absolute atomic E-state index is 13.0. The Kier molecular flexibility index (Phi) is 7.66. The molecule has 2 amide bonds. The second-order valence-electron chi connectivity index (χ2n) is 10.2. The summed E-state index contributed by atoms with van der Waals surface area (Å²) in [6.07, 6.45) is 5.41. The predicted octanol–water partition coefficient (Wildman–Crippen LogP) is 4.17. The van der Waals surface area contributed by atoms with Crippen molar-refractivity contribution < 1.29 is 29.1 Å². The van der Waals surface area contributed by atoms with E-state index in [0.29, 0.717) is 34.9 Å². The van der Waals surface area contributed by atoms with Crippen LogP contribution in [0, 0.1) is 21.3 Å². The lowest BCUT2D eigenvalue weighted by Crippen LogP contribution is -2.45. The Morgan fingerprint density at radius 3 is 2.79 bits per heavy atom. The van der Waals surface area contributed by atoms with Crippen molar-refractivity contribution >= 4 is 53.2 Å². The molecule has 0 saturated carbocycles. The number of methoxy groups -OCH3 is 1. The van der Waals surface area contributed by atoms with Gasteiger partial charge in [-0.2, -0.15) is 0 Å². The van der Waals surface area contributed by atoms with Gasteiger partial charge < -0.3 is 19.5 Å². The number of ether oxygens (including phenoxy) is 1. The first-order valence-electron chi connectivity index (χ1n) is 12.7. The van der Waals surface area contributed by atoms with E-state index < -0.39 is 13.0 Å². The van der Waals surface area contributed by atoms with E-state index >= 15 is 0 Å². The van der Waals surface area contributed by atoms with Gasteiger partial charge >= 0.3 is 7.12 Å². The smallest absolute Gasteiger partial charge is 0.455 e. The lowest BCUT2D eigenvalue weighted by Gasteiger charge is -2.42. The van der Waals surface area contributed by atoms with Crippen LogP contribution in [0.4, 0.5) is 0 Å². The van der Waals surface area contributed by atoms with Gasteiger partial charge in [0.25, 0.3) is 0 Å². The molecule has 2 aliphatic heterocycles. The van der Waals surface area contributed by atoms with Crippen LogP contribution in [0.15, 0.2) is 47.7 Å².